The zero-order valence-electron chi connectivity index (χ0n) is 11.3. The number of imidazole rings is 1. The van der Waals surface area contributed by atoms with Gasteiger partial charge in [0.25, 0.3) is 0 Å². The number of rotatable bonds is 3. The molecule has 0 amide bonds. The molecule has 1 heterocycles. The number of aryl methyl sites for hydroxylation is 1. The molecule has 1 saturated carbocycles. The topological polar surface area (TPSA) is 43.8 Å². The summed E-state index contributed by atoms with van der Waals surface area (Å²) in [6.07, 6.45) is 4.82. The highest BCUT2D eigenvalue weighted by atomic mass is 35.5. The van der Waals surface area contributed by atoms with E-state index < -0.39 is 0 Å². The Balaban J connectivity index is 2.23. The maximum atomic E-state index is 6.12. The molecule has 4 heteroatoms. The fourth-order valence-electron chi connectivity index (χ4n) is 3.39. The molecule has 102 valence electrons. The van der Waals surface area contributed by atoms with Crippen LogP contribution in [0.25, 0.3) is 11.0 Å². The first-order valence-electron chi connectivity index (χ1n) is 7.06. The van der Waals surface area contributed by atoms with E-state index in [-0.39, 0.29) is 5.41 Å². The lowest BCUT2D eigenvalue weighted by atomic mass is 9.85. The number of fused-ring (bicyclic) bond motifs is 1. The Morgan fingerprint density at radius 1 is 1.37 bits per heavy atom. The van der Waals surface area contributed by atoms with E-state index >= 15 is 0 Å². The van der Waals surface area contributed by atoms with Crippen molar-refractivity contribution >= 4 is 22.6 Å². The van der Waals surface area contributed by atoms with Gasteiger partial charge in [0.15, 0.2) is 0 Å². The lowest BCUT2D eigenvalue weighted by Gasteiger charge is -2.27. The van der Waals surface area contributed by atoms with Crippen LogP contribution in [0.1, 0.15) is 38.4 Å². The molecular weight excluding hydrogens is 258 g/mol. The van der Waals surface area contributed by atoms with Gasteiger partial charge in [0.1, 0.15) is 5.82 Å². The molecular formula is C15H20ClN3. The van der Waals surface area contributed by atoms with Crippen LogP contribution in [0.3, 0.4) is 0 Å². The smallest absolute Gasteiger partial charge is 0.117 e. The summed E-state index contributed by atoms with van der Waals surface area (Å²) in [6.45, 7) is 3.75. The van der Waals surface area contributed by atoms with Gasteiger partial charge in [0.2, 0.25) is 0 Å². The summed E-state index contributed by atoms with van der Waals surface area (Å²) in [7, 11) is 0. The molecule has 1 aliphatic carbocycles. The molecule has 0 radical (unpaired) electrons. The average Bonchev–Trinajstić information content (AvgIpc) is 3.02. The molecule has 0 bridgehead atoms. The van der Waals surface area contributed by atoms with Gasteiger partial charge in [-0.2, -0.15) is 0 Å². The van der Waals surface area contributed by atoms with Gasteiger partial charge in [0.05, 0.1) is 11.0 Å². The molecule has 0 aliphatic heterocycles. The summed E-state index contributed by atoms with van der Waals surface area (Å²) < 4.78 is 2.29. The highest BCUT2D eigenvalue weighted by Crippen LogP contribution is 2.41. The maximum absolute atomic E-state index is 6.12. The number of benzene rings is 1. The summed E-state index contributed by atoms with van der Waals surface area (Å²) in [6, 6.07) is 5.92. The van der Waals surface area contributed by atoms with Gasteiger partial charge in [-0.05, 0) is 38.0 Å². The molecule has 1 aliphatic rings. The molecule has 1 fully saturated rings. The predicted octanol–water partition coefficient (Wildman–Crippen LogP) is 3.48. The van der Waals surface area contributed by atoms with E-state index in [9.17, 15) is 0 Å². The van der Waals surface area contributed by atoms with E-state index in [0.29, 0.717) is 6.54 Å². The molecule has 0 spiro atoms. The summed E-state index contributed by atoms with van der Waals surface area (Å²) >= 11 is 6.12. The van der Waals surface area contributed by atoms with Gasteiger partial charge in [-0.3, -0.25) is 0 Å². The number of nitrogens with zero attached hydrogens (tertiary/aromatic N) is 2. The Hall–Kier alpha value is -1.06. The summed E-state index contributed by atoms with van der Waals surface area (Å²) in [4.78, 5) is 4.87. The second kappa shape index (κ2) is 4.80. The Kier molecular flexibility index (Phi) is 3.27. The predicted molar refractivity (Wildman–Crippen MR) is 79.6 cm³/mol. The quantitative estimate of drug-likeness (QED) is 0.933. The lowest BCUT2D eigenvalue weighted by molar-refractivity contribution is 0.407. The number of aromatic nitrogens is 2. The normalized spacial score (nSPS) is 18.3. The molecule has 1 aromatic carbocycles. The zero-order chi connectivity index (χ0) is 13.5. The molecule has 3 nitrogen and oxygen atoms in total. The molecule has 0 saturated heterocycles. The SMILES string of the molecule is CCn1c(C2(CN)CCCC2)nc2ccc(Cl)cc21. The average molecular weight is 278 g/mol. The number of halogens is 1. The largest absolute Gasteiger partial charge is 0.329 e. The van der Waals surface area contributed by atoms with E-state index in [0.717, 1.165) is 41.3 Å². The molecule has 1 aromatic heterocycles. The van der Waals surface area contributed by atoms with Crippen LogP contribution >= 0.6 is 11.6 Å². The van der Waals surface area contributed by atoms with Gasteiger partial charge in [-0.1, -0.05) is 24.4 Å². The van der Waals surface area contributed by atoms with Crippen LogP contribution in [0.4, 0.5) is 0 Å². The minimum absolute atomic E-state index is 0.0709. The lowest BCUT2D eigenvalue weighted by Crippen LogP contribution is -2.35. The van der Waals surface area contributed by atoms with Gasteiger partial charge < -0.3 is 10.3 Å². The van der Waals surface area contributed by atoms with Crippen molar-refractivity contribution in [1.82, 2.24) is 9.55 Å². The van der Waals surface area contributed by atoms with Crippen LogP contribution in [0.15, 0.2) is 18.2 Å². The van der Waals surface area contributed by atoms with Crippen molar-refractivity contribution < 1.29 is 0 Å². The van der Waals surface area contributed by atoms with Crippen molar-refractivity contribution in [1.29, 1.82) is 0 Å². The maximum Gasteiger partial charge on any atom is 0.117 e. The standard InChI is InChI=1S/C15H20ClN3/c1-2-19-13-9-11(16)5-6-12(13)18-14(19)15(10-17)7-3-4-8-15/h5-6,9H,2-4,7-8,10,17H2,1H3. The molecule has 2 N–H and O–H groups in total. The van der Waals surface area contributed by atoms with E-state index in [1.165, 1.54) is 12.8 Å². The van der Waals surface area contributed by atoms with Crippen LogP contribution in [0, 0.1) is 0 Å². The van der Waals surface area contributed by atoms with Gasteiger partial charge in [-0.15, -0.1) is 0 Å². The Morgan fingerprint density at radius 2 is 2.11 bits per heavy atom. The monoisotopic (exact) mass is 277 g/mol. The molecule has 3 rings (SSSR count). The van der Waals surface area contributed by atoms with E-state index in [1.54, 1.807) is 0 Å². The van der Waals surface area contributed by atoms with Crippen LogP contribution in [-0.2, 0) is 12.0 Å². The zero-order valence-corrected chi connectivity index (χ0v) is 12.1. The minimum atomic E-state index is 0.0709. The van der Waals surface area contributed by atoms with Crippen LogP contribution in [-0.4, -0.2) is 16.1 Å². The van der Waals surface area contributed by atoms with E-state index in [2.05, 4.69) is 11.5 Å². The number of nitrogens with two attached hydrogens (primary N) is 1. The fraction of sp³-hybridized carbons (Fsp3) is 0.533. The number of hydrogen-bond donors (Lipinski definition) is 1. The molecule has 19 heavy (non-hydrogen) atoms. The van der Waals surface area contributed by atoms with Crippen molar-refractivity contribution in [2.24, 2.45) is 5.73 Å². The van der Waals surface area contributed by atoms with Crippen molar-refractivity contribution in [3.8, 4) is 0 Å². The highest BCUT2D eigenvalue weighted by Gasteiger charge is 2.38. The van der Waals surface area contributed by atoms with E-state index in [1.807, 2.05) is 18.2 Å². The van der Waals surface area contributed by atoms with Gasteiger partial charge in [-0.25, -0.2) is 4.98 Å². The summed E-state index contributed by atoms with van der Waals surface area (Å²) in [5, 5.41) is 0.766. The van der Waals surface area contributed by atoms with Crippen LogP contribution in [0.2, 0.25) is 5.02 Å². The van der Waals surface area contributed by atoms with Crippen molar-refractivity contribution in [3.63, 3.8) is 0 Å². The number of hydrogen-bond acceptors (Lipinski definition) is 2. The molecule has 0 atom stereocenters. The fourth-order valence-corrected chi connectivity index (χ4v) is 3.56. The highest BCUT2D eigenvalue weighted by molar-refractivity contribution is 6.31. The third-order valence-corrected chi connectivity index (χ3v) is 4.69. The Bertz CT molecular complexity index is 597. The second-order valence-electron chi connectivity index (χ2n) is 5.50. The Labute approximate surface area is 118 Å². The molecule has 2 aromatic rings. The van der Waals surface area contributed by atoms with Crippen molar-refractivity contribution in [2.45, 2.75) is 44.6 Å². The van der Waals surface area contributed by atoms with Gasteiger partial charge in [0, 0.05) is 23.5 Å². The van der Waals surface area contributed by atoms with E-state index in [4.69, 9.17) is 22.3 Å². The van der Waals surface area contributed by atoms with Crippen molar-refractivity contribution in [2.75, 3.05) is 6.54 Å². The van der Waals surface area contributed by atoms with Crippen LogP contribution in [0.5, 0.6) is 0 Å². The summed E-state index contributed by atoms with van der Waals surface area (Å²) in [5.74, 6) is 1.16. The van der Waals surface area contributed by atoms with Crippen molar-refractivity contribution in [3.05, 3.63) is 29.0 Å². The first-order chi connectivity index (χ1) is 9.20. The first-order valence-corrected chi connectivity index (χ1v) is 7.44. The van der Waals surface area contributed by atoms with Gasteiger partial charge >= 0.3 is 0 Å². The third-order valence-electron chi connectivity index (χ3n) is 4.45. The third kappa shape index (κ3) is 1.96. The molecule has 0 unspecified atom stereocenters. The first kappa shape index (κ1) is 12.9. The Morgan fingerprint density at radius 3 is 2.74 bits per heavy atom. The van der Waals surface area contributed by atoms with Crippen LogP contribution < -0.4 is 5.73 Å². The summed E-state index contributed by atoms with van der Waals surface area (Å²) in [5.41, 5.74) is 8.33. The second-order valence-corrected chi connectivity index (χ2v) is 5.94. The minimum Gasteiger partial charge on any atom is -0.329 e.